The van der Waals surface area contributed by atoms with Gasteiger partial charge in [0.25, 0.3) is 0 Å². The number of hydrogen-bond acceptors (Lipinski definition) is 7. The summed E-state index contributed by atoms with van der Waals surface area (Å²) in [7, 11) is 1.56. The van der Waals surface area contributed by atoms with Gasteiger partial charge in [0, 0.05) is 18.0 Å². The Bertz CT molecular complexity index is 936. The zero-order valence-electron chi connectivity index (χ0n) is 14.1. The van der Waals surface area contributed by atoms with Crippen LogP contribution in [0.1, 0.15) is 29.9 Å². The minimum absolute atomic E-state index is 0.828. The summed E-state index contributed by atoms with van der Waals surface area (Å²) in [5, 5.41) is 5.06. The van der Waals surface area contributed by atoms with Crippen molar-refractivity contribution in [1.29, 1.82) is 0 Å². The van der Waals surface area contributed by atoms with Crippen molar-refractivity contribution in [2.45, 2.75) is 26.2 Å². The molecule has 3 heterocycles. The molecular weight excluding hydrogens is 334 g/mol. The van der Waals surface area contributed by atoms with Gasteiger partial charge in [0.1, 0.15) is 29.2 Å². The number of oxime groups is 1. The van der Waals surface area contributed by atoms with Gasteiger partial charge in [0.15, 0.2) is 0 Å². The van der Waals surface area contributed by atoms with Crippen molar-refractivity contribution < 1.29 is 4.84 Å². The van der Waals surface area contributed by atoms with Crippen molar-refractivity contribution in [2.75, 3.05) is 7.11 Å². The van der Waals surface area contributed by atoms with E-state index >= 15 is 0 Å². The average molecular weight is 351 g/mol. The molecule has 3 aromatic rings. The molecular formula is C18H17N5OS. The summed E-state index contributed by atoms with van der Waals surface area (Å²) in [6, 6.07) is 3.93. The Morgan fingerprint density at radius 2 is 2.12 bits per heavy atom. The second kappa shape index (κ2) is 6.68. The number of pyridine rings is 1. The van der Waals surface area contributed by atoms with Crippen molar-refractivity contribution in [3.63, 3.8) is 0 Å². The number of hydrogen-bond donors (Lipinski definition) is 0. The Hall–Kier alpha value is -2.67. The summed E-state index contributed by atoms with van der Waals surface area (Å²) in [6.07, 6.45) is 8.23. The van der Waals surface area contributed by atoms with Gasteiger partial charge < -0.3 is 4.84 Å². The third-order valence-corrected chi connectivity index (χ3v) is 5.32. The van der Waals surface area contributed by atoms with Crippen LogP contribution in [-0.2, 0) is 11.3 Å². The molecule has 0 fully saturated rings. The van der Waals surface area contributed by atoms with Crippen molar-refractivity contribution in [3.05, 3.63) is 47.8 Å². The van der Waals surface area contributed by atoms with Crippen LogP contribution in [-0.4, -0.2) is 32.8 Å². The highest BCUT2D eigenvalue weighted by Gasteiger charge is 2.21. The summed E-state index contributed by atoms with van der Waals surface area (Å²) < 4.78 is 0. The van der Waals surface area contributed by atoms with E-state index in [4.69, 9.17) is 9.82 Å². The van der Waals surface area contributed by atoms with Crippen LogP contribution in [0.15, 0.2) is 35.9 Å². The van der Waals surface area contributed by atoms with E-state index in [0.717, 1.165) is 63.2 Å². The third kappa shape index (κ3) is 3.02. The lowest BCUT2D eigenvalue weighted by molar-refractivity contribution is 0.212. The molecule has 0 atom stereocenters. The number of rotatable bonds is 3. The highest BCUT2D eigenvalue weighted by atomic mass is 32.1. The average Bonchev–Trinajstić information content (AvgIpc) is 3.04. The maximum absolute atomic E-state index is 4.97. The maximum atomic E-state index is 4.97. The molecule has 1 aliphatic carbocycles. The second-order valence-corrected chi connectivity index (χ2v) is 6.80. The molecule has 0 saturated carbocycles. The summed E-state index contributed by atoms with van der Waals surface area (Å²) in [4.78, 5) is 24.3. The van der Waals surface area contributed by atoms with Crippen LogP contribution in [0.3, 0.4) is 0 Å². The highest BCUT2D eigenvalue weighted by molar-refractivity contribution is 7.18. The quantitative estimate of drug-likeness (QED) is 0.673. The Kier molecular flexibility index (Phi) is 4.23. The molecule has 126 valence electrons. The molecule has 0 unspecified atom stereocenters. The van der Waals surface area contributed by atoms with Crippen molar-refractivity contribution >= 4 is 17.0 Å². The first-order valence-corrected chi connectivity index (χ1v) is 8.92. The lowest BCUT2D eigenvalue weighted by Gasteiger charge is -2.15. The molecule has 0 spiro atoms. The second-order valence-electron chi connectivity index (χ2n) is 5.80. The fraction of sp³-hybridized carbons (Fsp3) is 0.278. The van der Waals surface area contributed by atoms with Gasteiger partial charge in [0.2, 0.25) is 0 Å². The van der Waals surface area contributed by atoms with Crippen LogP contribution in [0.25, 0.3) is 21.1 Å². The zero-order chi connectivity index (χ0) is 17.2. The first kappa shape index (κ1) is 15.8. The molecule has 1 aliphatic rings. The van der Waals surface area contributed by atoms with Gasteiger partial charge in [-0.1, -0.05) is 5.16 Å². The summed E-state index contributed by atoms with van der Waals surface area (Å²) in [6.45, 7) is 2.00. The predicted molar refractivity (Wildman–Crippen MR) is 97.6 cm³/mol. The Morgan fingerprint density at radius 1 is 1.20 bits per heavy atom. The SMILES string of the molecule is CO/N=C1\CCCc2ncc(-c3sc(-c4cccnc4)nc3C)nc21. The Balaban J connectivity index is 1.77. The smallest absolute Gasteiger partial charge is 0.125 e. The van der Waals surface area contributed by atoms with Crippen LogP contribution >= 0.6 is 11.3 Å². The van der Waals surface area contributed by atoms with E-state index < -0.39 is 0 Å². The standard InChI is InChI=1S/C18H17N5OS/c1-11-17(25-18(21-11)12-5-4-8-19-9-12)15-10-20-13-6-3-7-14(23-24-2)16(13)22-15/h4-5,8-10H,3,6-7H2,1-2H3/b23-14+. The number of aryl methyl sites for hydroxylation is 2. The molecule has 3 aromatic heterocycles. The van der Waals surface area contributed by atoms with Crippen LogP contribution in [0.2, 0.25) is 0 Å². The lowest BCUT2D eigenvalue weighted by Crippen LogP contribution is -2.16. The predicted octanol–water partition coefficient (Wildman–Crippen LogP) is 3.66. The number of fused-ring (bicyclic) bond motifs is 1. The van der Waals surface area contributed by atoms with E-state index in [1.54, 1.807) is 24.6 Å². The van der Waals surface area contributed by atoms with Gasteiger partial charge in [-0.05, 0) is 38.3 Å². The van der Waals surface area contributed by atoms with Gasteiger partial charge in [-0.25, -0.2) is 9.97 Å². The molecule has 0 radical (unpaired) electrons. The number of thiazole rings is 1. The third-order valence-electron chi connectivity index (χ3n) is 4.09. The van der Waals surface area contributed by atoms with E-state index in [1.807, 2.05) is 31.5 Å². The van der Waals surface area contributed by atoms with Crippen LogP contribution in [0, 0.1) is 6.92 Å². The van der Waals surface area contributed by atoms with Crippen molar-refractivity contribution in [3.8, 4) is 21.1 Å². The summed E-state index contributed by atoms with van der Waals surface area (Å²) >= 11 is 1.61. The number of nitrogens with zero attached hydrogens (tertiary/aromatic N) is 5. The molecule has 0 aromatic carbocycles. The van der Waals surface area contributed by atoms with Crippen LogP contribution < -0.4 is 0 Å². The van der Waals surface area contributed by atoms with E-state index in [9.17, 15) is 0 Å². The first-order valence-electron chi connectivity index (χ1n) is 8.11. The van der Waals surface area contributed by atoms with E-state index in [2.05, 4.69) is 20.1 Å². The molecule has 25 heavy (non-hydrogen) atoms. The normalized spacial score (nSPS) is 15.2. The van der Waals surface area contributed by atoms with Gasteiger partial charge in [-0.2, -0.15) is 0 Å². The van der Waals surface area contributed by atoms with Crippen molar-refractivity contribution in [2.24, 2.45) is 5.16 Å². The van der Waals surface area contributed by atoms with E-state index in [1.165, 1.54) is 0 Å². The van der Waals surface area contributed by atoms with Gasteiger partial charge >= 0.3 is 0 Å². The molecule has 0 bridgehead atoms. The lowest BCUT2D eigenvalue weighted by atomic mass is 9.98. The molecule has 0 N–H and O–H groups in total. The summed E-state index contributed by atoms with van der Waals surface area (Å²) in [5.41, 5.74) is 5.48. The zero-order valence-corrected chi connectivity index (χ0v) is 14.9. The molecule has 0 saturated heterocycles. The molecule has 0 aliphatic heterocycles. The minimum Gasteiger partial charge on any atom is -0.399 e. The molecule has 6 nitrogen and oxygen atoms in total. The monoisotopic (exact) mass is 351 g/mol. The molecule has 4 rings (SSSR count). The van der Waals surface area contributed by atoms with Crippen LogP contribution in [0.5, 0.6) is 0 Å². The highest BCUT2D eigenvalue weighted by Crippen LogP contribution is 2.34. The number of aromatic nitrogens is 4. The van der Waals surface area contributed by atoms with Gasteiger partial charge in [-0.3, -0.25) is 9.97 Å². The topological polar surface area (TPSA) is 73.2 Å². The minimum atomic E-state index is 0.828. The molecule has 7 heteroatoms. The Morgan fingerprint density at radius 3 is 2.92 bits per heavy atom. The van der Waals surface area contributed by atoms with Crippen LogP contribution in [0.4, 0.5) is 0 Å². The first-order chi connectivity index (χ1) is 12.3. The molecule has 0 amide bonds. The Labute approximate surface area is 149 Å². The largest absolute Gasteiger partial charge is 0.399 e. The summed E-state index contributed by atoms with van der Waals surface area (Å²) in [5.74, 6) is 0. The van der Waals surface area contributed by atoms with E-state index in [0.29, 0.717) is 0 Å². The maximum Gasteiger partial charge on any atom is 0.125 e. The van der Waals surface area contributed by atoms with Gasteiger partial charge in [0.05, 0.1) is 22.5 Å². The fourth-order valence-electron chi connectivity index (χ4n) is 2.93. The van der Waals surface area contributed by atoms with Crippen molar-refractivity contribution in [1.82, 2.24) is 19.9 Å². The fourth-order valence-corrected chi connectivity index (χ4v) is 3.94. The van der Waals surface area contributed by atoms with E-state index in [-0.39, 0.29) is 0 Å². The van der Waals surface area contributed by atoms with Gasteiger partial charge in [-0.15, -0.1) is 11.3 Å².